The molecule has 0 N–H and O–H groups in total. The average molecular weight is 194 g/mol. The monoisotopic (exact) mass is 194 g/mol. The van der Waals surface area contributed by atoms with Gasteiger partial charge in [-0.1, -0.05) is 58.3 Å². The summed E-state index contributed by atoms with van der Waals surface area (Å²) in [6, 6.07) is 0. The van der Waals surface area contributed by atoms with E-state index >= 15 is 0 Å². The van der Waals surface area contributed by atoms with Gasteiger partial charge in [-0.2, -0.15) is 0 Å². The standard InChI is InChI=1S/C14H26/c1-2-12-8-10-14(11-9-12)13-6-4-3-5-7-13/h12-14H,2-11H2,1H3. The van der Waals surface area contributed by atoms with Gasteiger partial charge >= 0.3 is 0 Å². The molecule has 0 aromatic carbocycles. The zero-order valence-electron chi connectivity index (χ0n) is 9.80. The van der Waals surface area contributed by atoms with Gasteiger partial charge in [0.1, 0.15) is 0 Å². The van der Waals surface area contributed by atoms with E-state index in [0.717, 1.165) is 17.8 Å². The summed E-state index contributed by atoms with van der Waals surface area (Å²) in [5.41, 5.74) is 0. The molecule has 2 rings (SSSR count). The van der Waals surface area contributed by atoms with Gasteiger partial charge in [0, 0.05) is 0 Å². The second-order valence-electron chi connectivity index (χ2n) is 5.59. The molecular formula is C14H26. The molecule has 0 spiro atoms. The van der Waals surface area contributed by atoms with Gasteiger partial charge in [-0.3, -0.25) is 0 Å². The largest absolute Gasteiger partial charge is 0.0651 e. The van der Waals surface area contributed by atoms with Crippen LogP contribution >= 0.6 is 0 Å². The Bertz CT molecular complexity index is 147. The first-order valence-corrected chi connectivity index (χ1v) is 6.90. The van der Waals surface area contributed by atoms with Crippen LogP contribution in [0.4, 0.5) is 0 Å². The van der Waals surface area contributed by atoms with Gasteiger partial charge in [-0.15, -0.1) is 0 Å². The van der Waals surface area contributed by atoms with Crippen molar-refractivity contribution in [1.82, 2.24) is 0 Å². The lowest BCUT2D eigenvalue weighted by Crippen LogP contribution is -2.23. The maximum atomic E-state index is 2.37. The third-order valence-corrected chi connectivity index (χ3v) is 4.79. The van der Waals surface area contributed by atoms with Crippen LogP contribution in [0.2, 0.25) is 0 Å². The first-order chi connectivity index (χ1) is 6.90. The molecule has 2 saturated carbocycles. The second kappa shape index (κ2) is 5.19. The summed E-state index contributed by atoms with van der Waals surface area (Å²) >= 11 is 0. The second-order valence-corrected chi connectivity index (χ2v) is 5.59. The van der Waals surface area contributed by atoms with Crippen molar-refractivity contribution in [3.05, 3.63) is 0 Å². The van der Waals surface area contributed by atoms with Crippen LogP contribution in [-0.4, -0.2) is 0 Å². The highest BCUT2D eigenvalue weighted by Crippen LogP contribution is 2.40. The zero-order chi connectivity index (χ0) is 9.80. The van der Waals surface area contributed by atoms with Crippen LogP contribution in [0.1, 0.15) is 71.1 Å². The van der Waals surface area contributed by atoms with Crippen LogP contribution in [0.3, 0.4) is 0 Å². The molecule has 0 radical (unpaired) electrons. The highest BCUT2D eigenvalue weighted by Gasteiger charge is 2.27. The van der Waals surface area contributed by atoms with E-state index < -0.39 is 0 Å². The van der Waals surface area contributed by atoms with Crippen LogP contribution in [0.25, 0.3) is 0 Å². The van der Waals surface area contributed by atoms with Gasteiger partial charge in [0.25, 0.3) is 0 Å². The van der Waals surface area contributed by atoms with Gasteiger partial charge in [-0.25, -0.2) is 0 Å². The first kappa shape index (κ1) is 10.5. The SMILES string of the molecule is CCC1CCC(C2CCCCC2)CC1. The Balaban J connectivity index is 1.76. The predicted octanol–water partition coefficient (Wildman–Crippen LogP) is 4.78. The lowest BCUT2D eigenvalue weighted by molar-refractivity contribution is 0.165. The fourth-order valence-electron chi connectivity index (χ4n) is 3.67. The molecule has 0 bridgehead atoms. The predicted molar refractivity (Wildman–Crippen MR) is 62.3 cm³/mol. The summed E-state index contributed by atoms with van der Waals surface area (Å²) in [6.07, 6.45) is 15.3. The van der Waals surface area contributed by atoms with Crippen molar-refractivity contribution in [3.8, 4) is 0 Å². The van der Waals surface area contributed by atoms with Crippen LogP contribution in [0.15, 0.2) is 0 Å². The smallest absolute Gasteiger partial charge is 0.0386 e. The summed E-state index contributed by atoms with van der Waals surface area (Å²) in [4.78, 5) is 0. The van der Waals surface area contributed by atoms with Crippen molar-refractivity contribution in [2.75, 3.05) is 0 Å². The van der Waals surface area contributed by atoms with Gasteiger partial charge < -0.3 is 0 Å². The quantitative estimate of drug-likeness (QED) is 0.593. The normalized spacial score (nSPS) is 35.8. The molecule has 82 valence electrons. The molecular weight excluding hydrogens is 168 g/mol. The summed E-state index contributed by atoms with van der Waals surface area (Å²) in [7, 11) is 0. The van der Waals surface area contributed by atoms with Crippen LogP contribution in [0.5, 0.6) is 0 Å². The molecule has 0 aromatic heterocycles. The first-order valence-electron chi connectivity index (χ1n) is 6.90. The molecule has 0 saturated heterocycles. The van der Waals surface area contributed by atoms with E-state index in [2.05, 4.69) is 6.92 Å². The molecule has 2 fully saturated rings. The molecule has 2 aliphatic rings. The van der Waals surface area contributed by atoms with Gasteiger partial charge in [0.15, 0.2) is 0 Å². The van der Waals surface area contributed by atoms with E-state index in [4.69, 9.17) is 0 Å². The summed E-state index contributed by atoms with van der Waals surface area (Å²) < 4.78 is 0. The van der Waals surface area contributed by atoms with E-state index in [-0.39, 0.29) is 0 Å². The van der Waals surface area contributed by atoms with Crippen molar-refractivity contribution in [3.63, 3.8) is 0 Å². The Labute approximate surface area is 89.5 Å². The molecule has 0 nitrogen and oxygen atoms in total. The lowest BCUT2D eigenvalue weighted by Gasteiger charge is -2.35. The van der Waals surface area contributed by atoms with E-state index in [1.807, 2.05) is 0 Å². The minimum absolute atomic E-state index is 1.08. The number of hydrogen-bond donors (Lipinski definition) is 0. The molecule has 0 aliphatic heterocycles. The third kappa shape index (κ3) is 2.52. The zero-order valence-corrected chi connectivity index (χ0v) is 9.80. The number of rotatable bonds is 2. The van der Waals surface area contributed by atoms with Crippen LogP contribution < -0.4 is 0 Å². The molecule has 0 heteroatoms. The van der Waals surface area contributed by atoms with Gasteiger partial charge in [0.2, 0.25) is 0 Å². The summed E-state index contributed by atoms with van der Waals surface area (Å²) in [5.74, 6) is 3.33. The van der Waals surface area contributed by atoms with Crippen LogP contribution in [-0.2, 0) is 0 Å². The molecule has 2 aliphatic carbocycles. The van der Waals surface area contributed by atoms with Gasteiger partial charge in [0.05, 0.1) is 0 Å². The minimum Gasteiger partial charge on any atom is -0.0651 e. The maximum absolute atomic E-state index is 2.37. The lowest BCUT2D eigenvalue weighted by atomic mass is 9.71. The Morgan fingerprint density at radius 1 is 0.714 bits per heavy atom. The number of hydrogen-bond acceptors (Lipinski definition) is 0. The van der Waals surface area contributed by atoms with Crippen LogP contribution in [0, 0.1) is 17.8 Å². The molecule has 0 atom stereocenters. The van der Waals surface area contributed by atoms with Crippen molar-refractivity contribution >= 4 is 0 Å². The summed E-state index contributed by atoms with van der Waals surface area (Å²) in [5, 5.41) is 0. The Morgan fingerprint density at radius 2 is 1.29 bits per heavy atom. The Kier molecular flexibility index (Phi) is 3.89. The third-order valence-electron chi connectivity index (χ3n) is 4.79. The van der Waals surface area contributed by atoms with Crippen molar-refractivity contribution < 1.29 is 0 Å². The highest BCUT2D eigenvalue weighted by atomic mass is 14.3. The molecule has 0 unspecified atom stereocenters. The van der Waals surface area contributed by atoms with E-state index in [1.165, 1.54) is 38.5 Å². The van der Waals surface area contributed by atoms with Crippen molar-refractivity contribution in [1.29, 1.82) is 0 Å². The fourth-order valence-corrected chi connectivity index (χ4v) is 3.67. The van der Waals surface area contributed by atoms with E-state index in [9.17, 15) is 0 Å². The van der Waals surface area contributed by atoms with Gasteiger partial charge in [-0.05, 0) is 30.6 Å². The minimum atomic E-state index is 1.08. The van der Waals surface area contributed by atoms with Crippen molar-refractivity contribution in [2.45, 2.75) is 71.1 Å². The molecule has 14 heavy (non-hydrogen) atoms. The molecule has 0 heterocycles. The Morgan fingerprint density at radius 3 is 1.86 bits per heavy atom. The highest BCUT2D eigenvalue weighted by molar-refractivity contribution is 4.79. The van der Waals surface area contributed by atoms with Crippen molar-refractivity contribution in [2.24, 2.45) is 17.8 Å². The van der Waals surface area contributed by atoms with E-state index in [0.29, 0.717) is 0 Å². The maximum Gasteiger partial charge on any atom is -0.0386 e. The Hall–Kier alpha value is 0. The molecule has 0 aromatic rings. The fraction of sp³-hybridized carbons (Fsp3) is 1.00. The van der Waals surface area contributed by atoms with E-state index in [1.54, 1.807) is 25.7 Å². The molecule has 0 amide bonds. The average Bonchev–Trinajstić information content (AvgIpc) is 2.30. The summed E-state index contributed by atoms with van der Waals surface area (Å²) in [6.45, 7) is 2.37. The topological polar surface area (TPSA) is 0 Å².